The Labute approximate surface area is 443 Å². The minimum absolute atomic E-state index is 0. The Hall–Kier alpha value is -9.22. The monoisotopic (exact) mass is 1030 g/mol. The fourth-order valence-electron chi connectivity index (χ4n) is 9.15. The smallest absolute Gasteiger partial charge is 0.383 e. The molecule has 0 N–H and O–H groups in total. The number of nitrogens with zero attached hydrogens (tertiary/aromatic N) is 18. The van der Waals surface area contributed by atoms with Gasteiger partial charge in [0.05, 0.1) is 34.9 Å². The Balaban J connectivity index is 0.000000169. The molecule has 0 unspecified atom stereocenters. The Morgan fingerprint density at radius 3 is 0.493 bits per heavy atom. The molecule has 0 radical (unpaired) electrons. The van der Waals surface area contributed by atoms with Crippen molar-refractivity contribution in [1.29, 1.82) is 0 Å². The van der Waals surface area contributed by atoms with E-state index in [1.807, 2.05) is 251 Å². The maximum atomic E-state index is 4.94. The van der Waals surface area contributed by atoms with E-state index in [4.69, 9.17) is 60.5 Å². The molecule has 75 heavy (non-hydrogen) atoms. The summed E-state index contributed by atoms with van der Waals surface area (Å²) < 4.78 is 11.5. The molecule has 0 aliphatic heterocycles. The first-order valence-electron chi connectivity index (χ1n) is 24.4. The van der Waals surface area contributed by atoms with E-state index in [-0.39, 0.29) is 16.5 Å². The van der Waals surface area contributed by atoms with Gasteiger partial charge in [0.15, 0.2) is 34.9 Å². The van der Waals surface area contributed by atoms with Crippen LogP contribution in [0, 0.1) is 41.5 Å². The second-order valence-corrected chi connectivity index (χ2v) is 17.9. The fraction of sp³-hybridized carbons (Fsp3) is 0.111. The Morgan fingerprint density at radius 1 is 0.227 bits per heavy atom. The number of aryl methyl sites for hydroxylation is 6. The molecule has 6 aromatic heterocycles. The van der Waals surface area contributed by atoms with Crippen molar-refractivity contribution >= 4 is 14.2 Å². The molecule has 6 heterocycles. The van der Waals surface area contributed by atoms with Gasteiger partial charge < -0.3 is 27.6 Å². The first kappa shape index (κ1) is 49.4. The summed E-state index contributed by atoms with van der Waals surface area (Å²) in [5.41, 5.74) is 5.68. The van der Waals surface area contributed by atoms with Gasteiger partial charge in [-0.1, -0.05) is 182 Å². The summed E-state index contributed by atoms with van der Waals surface area (Å²) in [5.74, 6) is 8.44. The third-order valence-corrected chi connectivity index (χ3v) is 12.9. The van der Waals surface area contributed by atoms with Crippen molar-refractivity contribution in [1.82, 2.24) is 88.1 Å². The first-order valence-corrected chi connectivity index (χ1v) is 24.4. The van der Waals surface area contributed by atoms with Crippen molar-refractivity contribution in [2.75, 3.05) is 0 Å². The SMILES string of the molecule is Cc1nc(-c2ccccc2)nn1[BH-](n1nc(-c2ccccc2)nc1C)n1nc(-c2ccccc2)nc1C.Cc1nc(-c2ccccc2)nn1[BH-](n1nc(-c2ccccc2)nc1C)n1nc(-c2ccccc2)nc1C.[Ni+2]. The van der Waals surface area contributed by atoms with Crippen LogP contribution in [0.1, 0.15) is 34.9 Å². The van der Waals surface area contributed by atoms with Crippen LogP contribution in [0.25, 0.3) is 68.3 Å². The zero-order valence-corrected chi connectivity index (χ0v) is 43.1. The molecule has 0 aliphatic rings. The van der Waals surface area contributed by atoms with Crippen molar-refractivity contribution in [2.45, 2.75) is 41.5 Å². The Bertz CT molecular complexity index is 3170. The molecule has 6 aromatic carbocycles. The van der Waals surface area contributed by atoms with Crippen molar-refractivity contribution in [3.8, 4) is 68.3 Å². The Morgan fingerprint density at radius 2 is 0.360 bits per heavy atom. The number of benzene rings is 6. The van der Waals surface area contributed by atoms with Crippen LogP contribution in [0.2, 0.25) is 0 Å². The molecule has 0 fully saturated rings. The van der Waals surface area contributed by atoms with Gasteiger partial charge in [-0.05, 0) is 41.5 Å². The molecule has 0 saturated carbocycles. The van der Waals surface area contributed by atoms with Gasteiger partial charge in [0.1, 0.15) is 0 Å². The van der Waals surface area contributed by atoms with Crippen LogP contribution < -0.4 is 0 Å². The van der Waals surface area contributed by atoms with E-state index in [1.165, 1.54) is 0 Å². The quantitative estimate of drug-likeness (QED) is 0.107. The molecule has 0 spiro atoms. The van der Waals surface area contributed by atoms with Crippen LogP contribution >= 0.6 is 0 Å². The summed E-state index contributed by atoms with van der Waals surface area (Å²) in [6.07, 6.45) is 0. The topological polar surface area (TPSA) is 184 Å². The van der Waals surface area contributed by atoms with Gasteiger partial charge in [0.25, 0.3) is 0 Å². The standard InChI is InChI=1S/2C27H25BN9.Ni/c2*1-19-29-25(22-13-7-4-8-14-22)32-35(19)28(36-20(2)30-26(33-36)23-15-9-5-10-16-23)37-21(3)31-27(34-37)24-17-11-6-12-18-24;/h2*4-18,28H,1-3H3;/q2*-1;+2. The van der Waals surface area contributed by atoms with Crippen LogP contribution in [-0.4, -0.2) is 102 Å². The predicted octanol–water partition coefficient (Wildman–Crippen LogP) is 8.10. The van der Waals surface area contributed by atoms with Crippen molar-refractivity contribution in [2.24, 2.45) is 0 Å². The van der Waals surface area contributed by atoms with Crippen molar-refractivity contribution in [3.05, 3.63) is 217 Å². The van der Waals surface area contributed by atoms with E-state index in [2.05, 4.69) is 0 Å². The molecule has 0 bridgehead atoms. The summed E-state index contributed by atoms with van der Waals surface area (Å²) in [4.78, 5) is 28.8. The van der Waals surface area contributed by atoms with E-state index in [0.717, 1.165) is 68.3 Å². The largest absolute Gasteiger partial charge is 2.00 e. The van der Waals surface area contributed by atoms with Crippen molar-refractivity contribution in [3.63, 3.8) is 0 Å². The summed E-state index contributed by atoms with van der Waals surface area (Å²) in [6.45, 7) is 11.7. The van der Waals surface area contributed by atoms with Gasteiger partial charge in [0, 0.05) is 33.4 Å². The summed E-state index contributed by atoms with van der Waals surface area (Å²) in [5, 5.41) is 29.7. The number of aromatic nitrogens is 18. The Kier molecular flexibility index (Phi) is 14.1. The van der Waals surface area contributed by atoms with Crippen LogP contribution in [0.4, 0.5) is 0 Å². The number of hydrogen-bond acceptors (Lipinski definition) is 12. The zero-order chi connectivity index (χ0) is 50.7. The molecule has 18 nitrogen and oxygen atoms in total. The van der Waals surface area contributed by atoms with Gasteiger partial charge >= 0.3 is 30.7 Å². The first-order chi connectivity index (χ1) is 36.2. The second-order valence-electron chi connectivity index (χ2n) is 17.9. The molecular formula is C54H50B2N18Ni. The average Bonchev–Trinajstić information content (AvgIpc) is 4.33. The summed E-state index contributed by atoms with van der Waals surface area (Å²) in [7, 11) is -3.48. The van der Waals surface area contributed by atoms with E-state index in [1.54, 1.807) is 0 Å². The molecule has 0 atom stereocenters. The van der Waals surface area contributed by atoms with Crippen LogP contribution in [0.5, 0.6) is 0 Å². The average molecular weight is 1030 g/mol. The van der Waals surface area contributed by atoms with Gasteiger partial charge in [-0.2, -0.15) is 30.6 Å². The van der Waals surface area contributed by atoms with Crippen LogP contribution in [0.3, 0.4) is 0 Å². The van der Waals surface area contributed by atoms with Gasteiger partial charge in [-0.25, -0.2) is 29.9 Å². The van der Waals surface area contributed by atoms with Crippen LogP contribution in [-0.2, 0) is 16.5 Å². The molecular weight excluding hydrogens is 981 g/mol. The van der Waals surface area contributed by atoms with Gasteiger partial charge in [-0.3, -0.25) is 0 Å². The molecule has 0 aliphatic carbocycles. The zero-order valence-electron chi connectivity index (χ0n) is 42.1. The number of hydrogen-bond donors (Lipinski definition) is 0. The maximum Gasteiger partial charge on any atom is 2.00 e. The number of rotatable bonds is 12. The third-order valence-electron chi connectivity index (χ3n) is 12.9. The van der Waals surface area contributed by atoms with E-state index >= 15 is 0 Å². The van der Waals surface area contributed by atoms with Gasteiger partial charge in [0.2, 0.25) is 0 Å². The van der Waals surface area contributed by atoms with E-state index < -0.39 is 14.2 Å². The fourth-order valence-corrected chi connectivity index (χ4v) is 9.15. The molecule has 0 saturated heterocycles. The normalized spacial score (nSPS) is 11.2. The maximum absolute atomic E-state index is 4.94. The van der Waals surface area contributed by atoms with E-state index in [0.29, 0.717) is 34.9 Å². The van der Waals surface area contributed by atoms with E-state index in [9.17, 15) is 0 Å². The minimum atomic E-state index is -1.74. The molecule has 0 amide bonds. The molecule has 21 heteroatoms. The minimum Gasteiger partial charge on any atom is -0.383 e. The molecule has 12 aromatic rings. The molecule has 372 valence electrons. The summed E-state index contributed by atoms with van der Waals surface area (Å²) >= 11 is 0. The predicted molar refractivity (Wildman–Crippen MR) is 288 cm³/mol. The third kappa shape index (κ3) is 10.1. The van der Waals surface area contributed by atoms with Crippen LogP contribution in [0.15, 0.2) is 182 Å². The van der Waals surface area contributed by atoms with Gasteiger partial charge in [-0.15, -0.1) is 0 Å². The second kappa shape index (κ2) is 21.5. The molecule has 12 rings (SSSR count). The van der Waals surface area contributed by atoms with Crippen molar-refractivity contribution < 1.29 is 16.5 Å². The summed E-state index contributed by atoms with van der Waals surface area (Å²) in [6, 6.07) is 59.8.